The first-order valence-electron chi connectivity index (χ1n) is 6.51. The molecule has 0 aromatic rings. The van der Waals surface area contributed by atoms with Crippen LogP contribution in [0.5, 0.6) is 0 Å². The maximum absolute atomic E-state index is 10.9. The highest BCUT2D eigenvalue weighted by Crippen LogP contribution is 2.20. The monoisotopic (exact) mass is 262 g/mol. The lowest BCUT2D eigenvalue weighted by atomic mass is 9.95. The number of nitrogens with zero attached hydrogens (tertiary/aromatic N) is 1. The normalized spacial score (nSPS) is 27.2. The van der Waals surface area contributed by atoms with Gasteiger partial charge in [0.15, 0.2) is 0 Å². The summed E-state index contributed by atoms with van der Waals surface area (Å²) < 4.78 is 21.9. The van der Waals surface area contributed by atoms with Crippen LogP contribution in [0.3, 0.4) is 0 Å². The van der Waals surface area contributed by atoms with Gasteiger partial charge in [-0.1, -0.05) is 6.92 Å². The molecule has 5 heteroatoms. The number of rotatable bonds is 6. The van der Waals surface area contributed by atoms with E-state index in [1.54, 1.807) is 0 Å². The molecule has 0 spiro atoms. The van der Waals surface area contributed by atoms with Crippen molar-refractivity contribution in [2.75, 3.05) is 38.2 Å². The van der Waals surface area contributed by atoms with Crippen molar-refractivity contribution in [2.45, 2.75) is 32.7 Å². The van der Waals surface area contributed by atoms with Gasteiger partial charge in [0.05, 0.1) is 5.75 Å². The van der Waals surface area contributed by atoms with Crippen molar-refractivity contribution in [1.29, 1.82) is 0 Å². The summed E-state index contributed by atoms with van der Waals surface area (Å²) in [5.41, 5.74) is 0. The lowest BCUT2D eigenvalue weighted by Crippen LogP contribution is -2.44. The van der Waals surface area contributed by atoms with E-state index >= 15 is 0 Å². The molecule has 2 atom stereocenters. The van der Waals surface area contributed by atoms with Crippen LogP contribution in [0.15, 0.2) is 0 Å². The Hall–Kier alpha value is -0.130. The first kappa shape index (κ1) is 14.9. The molecular formula is C12H26N2O2S. The van der Waals surface area contributed by atoms with E-state index in [0.29, 0.717) is 12.6 Å². The van der Waals surface area contributed by atoms with E-state index in [9.17, 15) is 8.42 Å². The standard InChI is InChI=1S/C12H26N2O2S/c1-11-4-5-12(2)14(10-11)8-6-13-7-9-17(3,15)16/h11-13H,4-10H2,1-3H3. The van der Waals surface area contributed by atoms with Crippen LogP contribution in [0.25, 0.3) is 0 Å². The molecule has 17 heavy (non-hydrogen) atoms. The molecule has 1 aliphatic rings. The summed E-state index contributed by atoms with van der Waals surface area (Å²) in [4.78, 5) is 2.50. The lowest BCUT2D eigenvalue weighted by molar-refractivity contribution is 0.126. The van der Waals surface area contributed by atoms with Gasteiger partial charge < -0.3 is 5.32 Å². The molecule has 1 fully saturated rings. The Bertz CT molecular complexity index is 316. The molecule has 1 heterocycles. The van der Waals surface area contributed by atoms with Crippen LogP contribution >= 0.6 is 0 Å². The molecule has 0 bridgehead atoms. The van der Waals surface area contributed by atoms with E-state index in [1.165, 1.54) is 25.6 Å². The van der Waals surface area contributed by atoms with E-state index in [1.807, 2.05) is 0 Å². The van der Waals surface area contributed by atoms with E-state index in [0.717, 1.165) is 19.0 Å². The van der Waals surface area contributed by atoms with Crippen molar-refractivity contribution < 1.29 is 8.42 Å². The van der Waals surface area contributed by atoms with Gasteiger partial charge in [-0.25, -0.2) is 8.42 Å². The summed E-state index contributed by atoms with van der Waals surface area (Å²) in [6.07, 6.45) is 3.90. The quantitative estimate of drug-likeness (QED) is 0.717. The molecule has 102 valence electrons. The van der Waals surface area contributed by atoms with Crippen LogP contribution < -0.4 is 5.32 Å². The fraction of sp³-hybridized carbons (Fsp3) is 1.00. The van der Waals surface area contributed by atoms with Gasteiger partial charge >= 0.3 is 0 Å². The molecule has 0 aromatic carbocycles. The van der Waals surface area contributed by atoms with Crippen LogP contribution in [0.4, 0.5) is 0 Å². The Morgan fingerprint density at radius 2 is 1.94 bits per heavy atom. The Morgan fingerprint density at radius 3 is 2.59 bits per heavy atom. The Labute approximate surface area is 106 Å². The third kappa shape index (κ3) is 6.38. The minimum Gasteiger partial charge on any atom is -0.314 e. The van der Waals surface area contributed by atoms with Gasteiger partial charge in [-0.3, -0.25) is 4.90 Å². The van der Waals surface area contributed by atoms with Crippen molar-refractivity contribution in [3.63, 3.8) is 0 Å². The van der Waals surface area contributed by atoms with Crippen LogP contribution in [-0.4, -0.2) is 57.5 Å². The van der Waals surface area contributed by atoms with Gasteiger partial charge in [-0.2, -0.15) is 0 Å². The second-order valence-corrected chi connectivity index (χ2v) is 7.67. The maximum Gasteiger partial charge on any atom is 0.148 e. The first-order valence-corrected chi connectivity index (χ1v) is 8.57. The fourth-order valence-electron chi connectivity index (χ4n) is 2.30. The number of hydrogen-bond acceptors (Lipinski definition) is 4. The number of piperidine rings is 1. The van der Waals surface area contributed by atoms with Gasteiger partial charge in [0.2, 0.25) is 0 Å². The lowest BCUT2D eigenvalue weighted by Gasteiger charge is -2.36. The number of hydrogen-bond donors (Lipinski definition) is 1. The number of likely N-dealkylation sites (tertiary alicyclic amines) is 1. The van der Waals surface area contributed by atoms with Gasteiger partial charge in [0.25, 0.3) is 0 Å². The third-order valence-electron chi connectivity index (χ3n) is 3.47. The number of sulfone groups is 1. The fourth-order valence-corrected chi connectivity index (χ4v) is 2.81. The van der Waals surface area contributed by atoms with Gasteiger partial charge in [-0.05, 0) is 25.7 Å². The Balaban J connectivity index is 2.13. The zero-order valence-corrected chi connectivity index (χ0v) is 12.1. The van der Waals surface area contributed by atoms with Crippen molar-refractivity contribution in [2.24, 2.45) is 5.92 Å². The number of nitrogens with one attached hydrogen (secondary N) is 1. The summed E-state index contributed by atoms with van der Waals surface area (Å²) in [5.74, 6) is 1.03. The zero-order valence-electron chi connectivity index (χ0n) is 11.3. The van der Waals surface area contributed by atoms with E-state index in [-0.39, 0.29) is 5.75 Å². The summed E-state index contributed by atoms with van der Waals surface area (Å²) >= 11 is 0. The smallest absolute Gasteiger partial charge is 0.148 e. The predicted octanol–water partition coefficient (Wildman–Crippen LogP) is 0.741. The molecule has 4 nitrogen and oxygen atoms in total. The molecule has 1 rings (SSSR count). The molecule has 1 N–H and O–H groups in total. The second kappa shape index (κ2) is 6.71. The molecule has 0 saturated carbocycles. The molecule has 1 aliphatic heterocycles. The molecule has 0 amide bonds. The minimum atomic E-state index is -2.83. The minimum absolute atomic E-state index is 0.235. The molecular weight excluding hydrogens is 236 g/mol. The summed E-state index contributed by atoms with van der Waals surface area (Å²) in [5, 5.41) is 3.20. The van der Waals surface area contributed by atoms with Crippen LogP contribution in [0.1, 0.15) is 26.7 Å². The van der Waals surface area contributed by atoms with Gasteiger partial charge in [-0.15, -0.1) is 0 Å². The van der Waals surface area contributed by atoms with Crippen molar-refractivity contribution in [3.8, 4) is 0 Å². The largest absolute Gasteiger partial charge is 0.314 e. The van der Waals surface area contributed by atoms with Crippen LogP contribution in [0, 0.1) is 5.92 Å². The third-order valence-corrected chi connectivity index (χ3v) is 4.42. The summed E-state index contributed by atoms with van der Waals surface area (Å²) in [6.45, 7) is 8.23. The Morgan fingerprint density at radius 1 is 1.24 bits per heavy atom. The highest BCUT2D eigenvalue weighted by Gasteiger charge is 2.21. The van der Waals surface area contributed by atoms with Crippen molar-refractivity contribution in [3.05, 3.63) is 0 Å². The van der Waals surface area contributed by atoms with Gasteiger partial charge in [0.1, 0.15) is 9.84 Å². The molecule has 0 aromatic heterocycles. The molecule has 2 unspecified atom stereocenters. The topological polar surface area (TPSA) is 49.4 Å². The van der Waals surface area contributed by atoms with Crippen LogP contribution in [0.2, 0.25) is 0 Å². The van der Waals surface area contributed by atoms with E-state index in [2.05, 4.69) is 24.1 Å². The Kier molecular flexibility index (Phi) is 5.89. The molecule has 1 saturated heterocycles. The average Bonchev–Trinajstić information content (AvgIpc) is 2.21. The maximum atomic E-state index is 10.9. The van der Waals surface area contributed by atoms with E-state index in [4.69, 9.17) is 0 Å². The summed E-state index contributed by atoms with van der Waals surface area (Å²) in [7, 11) is -2.83. The highest BCUT2D eigenvalue weighted by atomic mass is 32.2. The van der Waals surface area contributed by atoms with Crippen LogP contribution in [-0.2, 0) is 9.84 Å². The van der Waals surface area contributed by atoms with Crippen molar-refractivity contribution in [1.82, 2.24) is 10.2 Å². The molecule has 0 aliphatic carbocycles. The average molecular weight is 262 g/mol. The molecule has 0 radical (unpaired) electrons. The summed E-state index contributed by atoms with van der Waals surface area (Å²) in [6, 6.07) is 0.669. The van der Waals surface area contributed by atoms with E-state index < -0.39 is 9.84 Å². The predicted molar refractivity (Wildman–Crippen MR) is 72.0 cm³/mol. The first-order chi connectivity index (χ1) is 7.88. The van der Waals surface area contributed by atoms with Crippen molar-refractivity contribution >= 4 is 9.84 Å². The second-order valence-electron chi connectivity index (χ2n) is 5.41. The van der Waals surface area contributed by atoms with Gasteiger partial charge in [0, 0.05) is 38.5 Å². The zero-order chi connectivity index (χ0) is 12.9. The highest BCUT2D eigenvalue weighted by molar-refractivity contribution is 7.90. The SMILES string of the molecule is CC1CCC(C)N(CCNCCS(C)(=O)=O)C1.